The summed E-state index contributed by atoms with van der Waals surface area (Å²) >= 11 is 4.10. The molecule has 0 aromatic carbocycles. The van der Waals surface area contributed by atoms with Gasteiger partial charge in [0.15, 0.2) is 5.16 Å². The molecule has 2 aromatic rings. The van der Waals surface area contributed by atoms with E-state index in [4.69, 9.17) is 0 Å². The highest BCUT2D eigenvalue weighted by Crippen LogP contribution is 2.14. The van der Waals surface area contributed by atoms with Crippen molar-refractivity contribution in [2.45, 2.75) is 5.16 Å². The Morgan fingerprint density at radius 2 is 2.20 bits per heavy atom. The van der Waals surface area contributed by atoms with Gasteiger partial charge in [-0.15, -0.1) is 12.6 Å². The SMILES string of the molecule is O=[N+]([O-])c1ccc(-n2ccnc2S)nc1. The molecule has 2 heterocycles. The van der Waals surface area contributed by atoms with E-state index in [1.165, 1.54) is 12.3 Å². The maximum atomic E-state index is 10.4. The van der Waals surface area contributed by atoms with Crippen LogP contribution in [0.4, 0.5) is 5.69 Å². The number of pyridine rings is 1. The van der Waals surface area contributed by atoms with Crippen molar-refractivity contribution in [2.24, 2.45) is 0 Å². The summed E-state index contributed by atoms with van der Waals surface area (Å²) in [5.41, 5.74) is -0.0421. The number of hydrogen-bond donors (Lipinski definition) is 1. The van der Waals surface area contributed by atoms with Crippen molar-refractivity contribution in [2.75, 3.05) is 0 Å². The molecule has 0 atom stereocenters. The summed E-state index contributed by atoms with van der Waals surface area (Å²) in [5, 5.41) is 10.9. The molecule has 0 unspecified atom stereocenters. The Morgan fingerprint density at radius 1 is 1.40 bits per heavy atom. The second-order valence-corrected chi connectivity index (χ2v) is 3.13. The van der Waals surface area contributed by atoms with Gasteiger partial charge >= 0.3 is 0 Å². The molecule has 0 N–H and O–H groups in total. The molecule has 7 heteroatoms. The standard InChI is InChI=1S/C8H6N4O2S/c13-12(14)6-1-2-7(10-5-6)11-4-3-9-8(11)15/h1-5H,(H,9,15). The zero-order chi connectivity index (χ0) is 10.8. The van der Waals surface area contributed by atoms with E-state index in [0.717, 1.165) is 0 Å². The molecule has 76 valence electrons. The maximum absolute atomic E-state index is 10.4. The lowest BCUT2D eigenvalue weighted by molar-refractivity contribution is -0.385. The Kier molecular flexibility index (Phi) is 2.38. The average Bonchev–Trinajstić information content (AvgIpc) is 2.65. The largest absolute Gasteiger partial charge is 0.287 e. The molecule has 15 heavy (non-hydrogen) atoms. The fourth-order valence-corrected chi connectivity index (χ4v) is 1.34. The van der Waals surface area contributed by atoms with Gasteiger partial charge in [0, 0.05) is 18.5 Å². The van der Waals surface area contributed by atoms with Crippen LogP contribution in [0, 0.1) is 10.1 Å². The summed E-state index contributed by atoms with van der Waals surface area (Å²) in [6.07, 6.45) is 4.45. The van der Waals surface area contributed by atoms with Gasteiger partial charge in [0.2, 0.25) is 0 Å². The van der Waals surface area contributed by atoms with Crippen molar-refractivity contribution in [3.05, 3.63) is 40.8 Å². The Balaban J connectivity index is 2.40. The molecule has 2 aromatic heterocycles. The van der Waals surface area contributed by atoms with Crippen molar-refractivity contribution >= 4 is 18.3 Å². The van der Waals surface area contributed by atoms with Gasteiger partial charge in [-0.2, -0.15) is 0 Å². The van der Waals surface area contributed by atoms with E-state index < -0.39 is 4.92 Å². The number of thiol groups is 1. The van der Waals surface area contributed by atoms with Gasteiger partial charge in [0.25, 0.3) is 5.69 Å². The summed E-state index contributed by atoms with van der Waals surface area (Å²) in [4.78, 5) is 17.7. The van der Waals surface area contributed by atoms with Crippen LogP contribution in [-0.4, -0.2) is 19.5 Å². The van der Waals surface area contributed by atoms with Crippen molar-refractivity contribution in [3.8, 4) is 5.82 Å². The highest BCUT2D eigenvalue weighted by molar-refractivity contribution is 7.80. The van der Waals surface area contributed by atoms with Crippen molar-refractivity contribution in [1.82, 2.24) is 14.5 Å². The quantitative estimate of drug-likeness (QED) is 0.474. The molecule has 2 rings (SSSR count). The van der Waals surface area contributed by atoms with Crippen molar-refractivity contribution in [3.63, 3.8) is 0 Å². The van der Waals surface area contributed by atoms with Crippen LogP contribution in [0.1, 0.15) is 0 Å². The molecule has 0 aliphatic carbocycles. The van der Waals surface area contributed by atoms with Crippen LogP contribution in [-0.2, 0) is 0 Å². The fourth-order valence-electron chi connectivity index (χ4n) is 1.10. The number of rotatable bonds is 2. The molecule has 0 amide bonds. The molecule has 0 spiro atoms. The zero-order valence-electron chi connectivity index (χ0n) is 7.44. The molecular weight excluding hydrogens is 216 g/mol. The van der Waals surface area contributed by atoms with Crippen molar-refractivity contribution < 1.29 is 4.92 Å². The molecule has 6 nitrogen and oxygen atoms in total. The number of nitro groups is 1. The lowest BCUT2D eigenvalue weighted by Gasteiger charge is -2.01. The lowest BCUT2D eigenvalue weighted by Crippen LogP contribution is -1.97. The third-order valence-corrected chi connectivity index (χ3v) is 2.14. The fraction of sp³-hybridized carbons (Fsp3) is 0. The van der Waals surface area contributed by atoms with Crippen LogP contribution < -0.4 is 0 Å². The predicted molar refractivity (Wildman–Crippen MR) is 55.3 cm³/mol. The first-order valence-corrected chi connectivity index (χ1v) is 4.46. The minimum Gasteiger partial charge on any atom is -0.279 e. The number of aromatic nitrogens is 3. The van der Waals surface area contributed by atoms with Gasteiger partial charge in [-0.3, -0.25) is 14.7 Å². The van der Waals surface area contributed by atoms with E-state index >= 15 is 0 Å². The highest BCUT2D eigenvalue weighted by atomic mass is 32.1. The monoisotopic (exact) mass is 222 g/mol. The number of hydrogen-bond acceptors (Lipinski definition) is 5. The normalized spacial score (nSPS) is 10.2. The zero-order valence-corrected chi connectivity index (χ0v) is 8.33. The average molecular weight is 222 g/mol. The first-order valence-electron chi connectivity index (χ1n) is 4.01. The van der Waals surface area contributed by atoms with Crippen LogP contribution in [0.15, 0.2) is 35.9 Å². The molecule has 0 bridgehead atoms. The molecule has 0 saturated carbocycles. The van der Waals surface area contributed by atoms with Crippen LogP contribution >= 0.6 is 12.6 Å². The van der Waals surface area contributed by atoms with Gasteiger partial charge in [-0.05, 0) is 6.07 Å². The molecule has 0 radical (unpaired) electrons. The van der Waals surface area contributed by atoms with Gasteiger partial charge in [0.1, 0.15) is 12.0 Å². The molecule has 0 aliphatic rings. The van der Waals surface area contributed by atoms with E-state index in [2.05, 4.69) is 22.6 Å². The Labute approximate surface area is 90.2 Å². The smallest absolute Gasteiger partial charge is 0.279 e. The topological polar surface area (TPSA) is 73.8 Å². The third kappa shape index (κ3) is 1.82. The minimum atomic E-state index is -0.494. The van der Waals surface area contributed by atoms with Crippen LogP contribution in [0.5, 0.6) is 0 Å². The van der Waals surface area contributed by atoms with Crippen LogP contribution in [0.2, 0.25) is 0 Å². The van der Waals surface area contributed by atoms with Gasteiger partial charge in [0.05, 0.1) is 4.92 Å². The second kappa shape index (κ2) is 3.70. The van der Waals surface area contributed by atoms with E-state index in [1.807, 2.05) is 0 Å². The van der Waals surface area contributed by atoms with Gasteiger partial charge in [-0.25, -0.2) is 9.97 Å². The summed E-state index contributed by atoms with van der Waals surface area (Å²) in [5.74, 6) is 0.545. The summed E-state index contributed by atoms with van der Waals surface area (Å²) in [7, 11) is 0. The first kappa shape index (κ1) is 9.66. The van der Waals surface area contributed by atoms with Gasteiger partial charge < -0.3 is 0 Å². The Hall–Kier alpha value is -1.89. The number of nitrogens with zero attached hydrogens (tertiary/aromatic N) is 4. The van der Waals surface area contributed by atoms with Crippen LogP contribution in [0.3, 0.4) is 0 Å². The van der Waals surface area contributed by atoms with E-state index in [0.29, 0.717) is 11.0 Å². The molecular formula is C8H6N4O2S. The van der Waals surface area contributed by atoms with E-state index in [9.17, 15) is 10.1 Å². The first-order chi connectivity index (χ1) is 7.18. The van der Waals surface area contributed by atoms with Gasteiger partial charge in [-0.1, -0.05) is 0 Å². The summed E-state index contributed by atoms with van der Waals surface area (Å²) in [6, 6.07) is 2.93. The Morgan fingerprint density at radius 3 is 2.67 bits per heavy atom. The van der Waals surface area contributed by atoms with Crippen LogP contribution in [0.25, 0.3) is 5.82 Å². The maximum Gasteiger partial charge on any atom is 0.287 e. The summed E-state index contributed by atoms with van der Waals surface area (Å²) < 4.78 is 1.62. The molecule has 0 aliphatic heterocycles. The van der Waals surface area contributed by atoms with E-state index in [-0.39, 0.29) is 5.69 Å². The van der Waals surface area contributed by atoms with Crippen molar-refractivity contribution in [1.29, 1.82) is 0 Å². The highest BCUT2D eigenvalue weighted by Gasteiger charge is 2.07. The summed E-state index contributed by atoms with van der Waals surface area (Å²) in [6.45, 7) is 0. The van der Waals surface area contributed by atoms with E-state index in [1.54, 1.807) is 23.0 Å². The molecule has 0 fully saturated rings. The third-order valence-electron chi connectivity index (χ3n) is 1.81. The predicted octanol–water partition coefficient (Wildman–Crippen LogP) is 1.46. The number of imidazole rings is 1. The lowest BCUT2D eigenvalue weighted by atomic mass is 10.4. The second-order valence-electron chi connectivity index (χ2n) is 2.73. The minimum absolute atomic E-state index is 0.0421. The Bertz CT molecular complexity index is 494. The molecule has 0 saturated heterocycles.